The molecule has 0 unspecified atom stereocenters. The van der Waals surface area contributed by atoms with Gasteiger partial charge in [-0.05, 0) is 74.5 Å². The van der Waals surface area contributed by atoms with E-state index in [1.807, 2.05) is 0 Å². The molecule has 2 aromatic heterocycles. The summed E-state index contributed by atoms with van der Waals surface area (Å²) >= 11 is 1.85. The molecule has 0 spiro atoms. The molecule has 18 heteroatoms. The van der Waals surface area contributed by atoms with E-state index in [2.05, 4.69) is 4.85 Å². The predicted molar refractivity (Wildman–Crippen MR) is 170 cm³/mol. The molecule has 2 aromatic carbocycles. The fourth-order valence-electron chi connectivity index (χ4n) is 3.54. The van der Waals surface area contributed by atoms with Crippen LogP contribution in [-0.4, -0.2) is 57.4 Å². The summed E-state index contributed by atoms with van der Waals surface area (Å²) in [6.45, 7) is 10.6. The van der Waals surface area contributed by atoms with Crippen molar-refractivity contribution in [2.45, 2.75) is 54.5 Å². The quantitative estimate of drug-likeness (QED) is 0.230. The summed E-state index contributed by atoms with van der Waals surface area (Å²) in [7, 11) is -15.1. The first-order valence-corrected chi connectivity index (χ1v) is 20.9. The van der Waals surface area contributed by atoms with E-state index in [0.717, 1.165) is 64.3 Å². The highest BCUT2D eigenvalue weighted by molar-refractivity contribution is 7.94. The third-order valence-corrected chi connectivity index (χ3v) is 14.3. The molecule has 4 rings (SSSR count). The molecule has 2 heterocycles. The molecule has 12 nitrogen and oxygen atoms in total. The van der Waals surface area contributed by atoms with E-state index in [0.29, 0.717) is 0 Å². The first-order valence-electron chi connectivity index (χ1n) is 12.5. The zero-order chi connectivity index (χ0) is 34.0. The van der Waals surface area contributed by atoms with Crippen molar-refractivity contribution in [1.82, 2.24) is 0 Å². The molecular formula is C27H28N2O10S6. The lowest BCUT2D eigenvalue weighted by atomic mass is 10.3. The van der Waals surface area contributed by atoms with Crippen molar-refractivity contribution < 1.29 is 43.5 Å². The lowest BCUT2D eigenvalue weighted by Gasteiger charge is -2.13. The summed E-state index contributed by atoms with van der Waals surface area (Å²) in [6.07, 6.45) is 1.72. The first kappa shape index (κ1) is 36.2. The van der Waals surface area contributed by atoms with Crippen molar-refractivity contribution in [3.05, 3.63) is 77.0 Å². The van der Waals surface area contributed by atoms with Gasteiger partial charge in [0.2, 0.25) is 24.7 Å². The van der Waals surface area contributed by atoms with E-state index in [1.54, 1.807) is 19.9 Å². The summed E-state index contributed by atoms with van der Waals surface area (Å²) < 4.78 is 103. The number of benzene rings is 2. The summed E-state index contributed by atoms with van der Waals surface area (Å²) in [4.78, 5) is 3.02. The van der Waals surface area contributed by atoms with Gasteiger partial charge in [-0.3, -0.25) is 0 Å². The van der Waals surface area contributed by atoms with Crippen molar-refractivity contribution in [3.8, 4) is 11.5 Å². The normalized spacial score (nSPS) is 12.3. The smallest absolute Gasteiger partial charge is 0.242 e. The highest BCUT2D eigenvalue weighted by Crippen LogP contribution is 2.35. The molecule has 4 aromatic rings. The van der Waals surface area contributed by atoms with Gasteiger partial charge >= 0.3 is 0 Å². The number of thiophene rings is 2. The Hall–Kier alpha value is -3.31. The summed E-state index contributed by atoms with van der Waals surface area (Å²) in [5, 5.41) is 9.75. The van der Waals surface area contributed by atoms with E-state index in [1.165, 1.54) is 30.3 Å². The van der Waals surface area contributed by atoms with E-state index < -0.39 is 45.1 Å². The Morgan fingerprint density at radius 2 is 1.22 bits per heavy atom. The van der Waals surface area contributed by atoms with Gasteiger partial charge in [-0.1, -0.05) is 0 Å². The Labute approximate surface area is 270 Å². The van der Waals surface area contributed by atoms with Crippen molar-refractivity contribution in [3.63, 3.8) is 0 Å². The number of ether oxygens (including phenoxy) is 1. The molecule has 0 aliphatic carbocycles. The van der Waals surface area contributed by atoms with E-state index in [-0.39, 0.29) is 51.4 Å². The molecular weight excluding hydrogens is 705 g/mol. The maximum Gasteiger partial charge on any atom is 0.242 e. The molecule has 3 N–H and O–H groups in total. The first-order chi connectivity index (χ1) is 20.7. The van der Waals surface area contributed by atoms with Gasteiger partial charge in [-0.15, -0.1) is 22.7 Å². The largest absolute Gasteiger partial charge is 0.508 e. The predicted octanol–water partition coefficient (Wildman–Crippen LogP) is 4.47. The van der Waals surface area contributed by atoms with Gasteiger partial charge in [0.25, 0.3) is 0 Å². The SMILES string of the molecule is CC(C)Oc1cc(S(C)(=O)=O)cc(S(=O)(=O)c2ccc(CN)s2)c1.[C-]#[N+]c1ccc(S(=O)(=O)c2cc(O)cc(S(C)(=O)=O)c2)s1. The zero-order valence-electron chi connectivity index (χ0n) is 24.2. The number of hydrogen-bond acceptors (Lipinski definition) is 13. The van der Waals surface area contributed by atoms with Crippen LogP contribution in [0, 0.1) is 6.57 Å². The number of nitrogens with zero attached hydrogens (tertiary/aromatic N) is 1. The molecule has 0 radical (unpaired) electrons. The van der Waals surface area contributed by atoms with Gasteiger partial charge in [0.1, 0.15) is 19.9 Å². The highest BCUT2D eigenvalue weighted by atomic mass is 32.2. The van der Waals surface area contributed by atoms with Gasteiger partial charge in [0, 0.05) is 23.9 Å². The molecule has 0 aliphatic heterocycles. The number of nitrogens with two attached hydrogens (primary N) is 1. The van der Waals surface area contributed by atoms with Crippen LogP contribution in [0.4, 0.5) is 5.00 Å². The van der Waals surface area contributed by atoms with Crippen LogP contribution in [0.15, 0.2) is 88.7 Å². The van der Waals surface area contributed by atoms with Gasteiger partial charge in [0.05, 0.1) is 32.3 Å². The van der Waals surface area contributed by atoms with Gasteiger partial charge in [-0.2, -0.15) is 0 Å². The molecule has 0 amide bonds. The van der Waals surface area contributed by atoms with Crippen LogP contribution in [0.5, 0.6) is 11.5 Å². The van der Waals surface area contributed by atoms with Crippen molar-refractivity contribution in [2.75, 3.05) is 12.5 Å². The minimum Gasteiger partial charge on any atom is -0.508 e. The van der Waals surface area contributed by atoms with E-state index in [4.69, 9.17) is 17.0 Å². The van der Waals surface area contributed by atoms with E-state index in [9.17, 15) is 38.8 Å². The molecule has 0 aliphatic rings. The average Bonchev–Trinajstić information content (AvgIpc) is 3.62. The van der Waals surface area contributed by atoms with Gasteiger partial charge in [0.15, 0.2) is 19.7 Å². The van der Waals surface area contributed by atoms with Gasteiger partial charge in [-0.25, -0.2) is 38.5 Å². The Morgan fingerprint density at radius 1 is 0.756 bits per heavy atom. The topological polar surface area (TPSA) is 196 Å². The Bertz CT molecular complexity index is 2210. The monoisotopic (exact) mass is 732 g/mol. The van der Waals surface area contributed by atoms with Crippen molar-refractivity contribution in [1.29, 1.82) is 0 Å². The molecule has 0 fully saturated rings. The van der Waals surface area contributed by atoms with Crippen LogP contribution in [0.25, 0.3) is 4.85 Å². The number of sulfone groups is 4. The van der Waals surface area contributed by atoms with Crippen LogP contribution in [0.1, 0.15) is 18.7 Å². The average molecular weight is 733 g/mol. The fraction of sp³-hybridized carbons (Fsp3) is 0.222. The second-order valence-corrected chi connectivity index (χ2v) is 20.3. The summed E-state index contributed by atoms with van der Waals surface area (Å²) in [6, 6.07) is 12.5. The molecule has 0 saturated carbocycles. The lowest BCUT2D eigenvalue weighted by molar-refractivity contribution is 0.241. The molecule has 45 heavy (non-hydrogen) atoms. The Kier molecular flexibility index (Phi) is 10.9. The van der Waals surface area contributed by atoms with Gasteiger partial charge < -0.3 is 15.6 Å². The molecule has 0 bridgehead atoms. The standard InChI is InChI=1S/C15H19NO5S3.C12H9NO5S3/c1-10(2)21-11-6-13(23(3,17)18)8-14(7-11)24(19,20)15-5-4-12(9-16)22-15;1-13-11-3-4-12(19-11)21(17,18)10-6-8(14)5-9(7-10)20(2,15)16/h4-8,10H,9,16H2,1-3H3;3-7,14H,2H3. The number of rotatable bonds is 9. The minimum absolute atomic E-state index is 0.0847. The Balaban J connectivity index is 0.000000248. The van der Waals surface area contributed by atoms with Crippen molar-refractivity contribution >= 4 is 67.0 Å². The summed E-state index contributed by atoms with van der Waals surface area (Å²) in [5.41, 5.74) is 5.52. The molecule has 0 saturated heterocycles. The molecule has 0 atom stereocenters. The third kappa shape index (κ3) is 8.91. The molecule has 242 valence electrons. The number of phenols is 1. The van der Waals surface area contributed by atoms with Crippen LogP contribution >= 0.6 is 22.7 Å². The van der Waals surface area contributed by atoms with Crippen LogP contribution < -0.4 is 10.5 Å². The number of phenolic OH excluding ortho intramolecular Hbond substituents is 1. The summed E-state index contributed by atoms with van der Waals surface area (Å²) in [5.74, 6) is -0.263. The van der Waals surface area contributed by atoms with Crippen LogP contribution in [0.3, 0.4) is 0 Å². The highest BCUT2D eigenvalue weighted by Gasteiger charge is 2.25. The second kappa shape index (κ2) is 13.6. The van der Waals surface area contributed by atoms with Crippen molar-refractivity contribution in [2.24, 2.45) is 5.73 Å². The zero-order valence-corrected chi connectivity index (χ0v) is 29.1. The maximum atomic E-state index is 12.8. The fourth-order valence-corrected chi connectivity index (χ4v) is 10.3. The second-order valence-electron chi connectivity index (χ2n) is 9.65. The van der Waals surface area contributed by atoms with Crippen LogP contribution in [-0.2, 0) is 45.9 Å². The van der Waals surface area contributed by atoms with Crippen LogP contribution in [0.2, 0.25) is 0 Å². The lowest BCUT2D eigenvalue weighted by Crippen LogP contribution is -2.09. The number of hydrogen-bond donors (Lipinski definition) is 2. The maximum absolute atomic E-state index is 12.8. The Morgan fingerprint density at radius 3 is 1.69 bits per heavy atom. The number of aromatic hydroxyl groups is 1. The third-order valence-electron chi connectivity index (χ3n) is 5.61. The minimum atomic E-state index is -3.98. The van der Waals surface area contributed by atoms with E-state index >= 15 is 0 Å².